The normalized spacial score (nSPS) is 29.8. The summed E-state index contributed by atoms with van der Waals surface area (Å²) in [6.07, 6.45) is 5.75. The number of halogens is 2. The number of benzene rings is 1. The van der Waals surface area contributed by atoms with Crippen LogP contribution in [-0.4, -0.2) is 60.1 Å². The van der Waals surface area contributed by atoms with Crippen molar-refractivity contribution < 1.29 is 13.9 Å². The summed E-state index contributed by atoms with van der Waals surface area (Å²) < 4.78 is 19.9. The van der Waals surface area contributed by atoms with Gasteiger partial charge in [0.05, 0.1) is 11.7 Å². The van der Waals surface area contributed by atoms with Crippen LogP contribution in [0.25, 0.3) is 0 Å². The van der Waals surface area contributed by atoms with E-state index in [4.69, 9.17) is 16.3 Å². The van der Waals surface area contributed by atoms with Gasteiger partial charge < -0.3 is 9.64 Å². The number of hydrogen-bond acceptors (Lipinski definition) is 3. The quantitative estimate of drug-likeness (QED) is 0.822. The Balaban J connectivity index is 1.47. The van der Waals surface area contributed by atoms with E-state index in [0.29, 0.717) is 24.2 Å². The van der Waals surface area contributed by atoms with Gasteiger partial charge >= 0.3 is 0 Å². The van der Waals surface area contributed by atoms with E-state index in [-0.39, 0.29) is 17.0 Å². The van der Waals surface area contributed by atoms with Crippen molar-refractivity contribution in [2.24, 2.45) is 0 Å². The highest BCUT2D eigenvalue weighted by molar-refractivity contribution is 6.31. The highest BCUT2D eigenvalue weighted by Crippen LogP contribution is 2.39. The number of hydrogen-bond donors (Lipinski definition) is 0. The number of carbonyl (C=O) groups is 1. The van der Waals surface area contributed by atoms with Crippen LogP contribution >= 0.6 is 11.6 Å². The molecule has 1 aromatic carbocycles. The van der Waals surface area contributed by atoms with Crippen molar-refractivity contribution in [3.05, 3.63) is 34.6 Å². The second kappa shape index (κ2) is 6.86. The lowest BCUT2D eigenvalue weighted by atomic mass is 9.77. The summed E-state index contributed by atoms with van der Waals surface area (Å²) in [5.74, 6) is -0.748. The molecular formula is C19H24ClFN2O2. The molecule has 1 aromatic rings. The Labute approximate surface area is 152 Å². The first-order chi connectivity index (χ1) is 12.1. The van der Waals surface area contributed by atoms with Crippen LogP contribution in [0.3, 0.4) is 0 Å². The zero-order chi connectivity index (χ0) is 17.4. The van der Waals surface area contributed by atoms with Crippen LogP contribution in [0.15, 0.2) is 18.2 Å². The first kappa shape index (κ1) is 17.3. The molecule has 4 nitrogen and oxygen atoms in total. The number of nitrogens with zero attached hydrogens (tertiary/aromatic N) is 2. The van der Waals surface area contributed by atoms with Crippen LogP contribution < -0.4 is 0 Å². The molecule has 1 amide bonds. The van der Waals surface area contributed by atoms with Crippen molar-refractivity contribution in [3.63, 3.8) is 0 Å². The van der Waals surface area contributed by atoms with Crippen molar-refractivity contribution in [1.82, 2.24) is 9.80 Å². The first-order valence-electron chi connectivity index (χ1n) is 9.18. The topological polar surface area (TPSA) is 32.8 Å². The van der Waals surface area contributed by atoms with Gasteiger partial charge in [-0.25, -0.2) is 4.39 Å². The third kappa shape index (κ3) is 3.29. The maximum absolute atomic E-state index is 14.1. The molecule has 3 fully saturated rings. The molecule has 3 aliphatic heterocycles. The van der Waals surface area contributed by atoms with Gasteiger partial charge in [0.15, 0.2) is 0 Å². The van der Waals surface area contributed by atoms with Gasteiger partial charge in [-0.1, -0.05) is 11.6 Å². The summed E-state index contributed by atoms with van der Waals surface area (Å²) in [5.41, 5.74) is 0.129. The summed E-state index contributed by atoms with van der Waals surface area (Å²) in [7, 11) is 0. The lowest BCUT2D eigenvalue weighted by molar-refractivity contribution is -0.0807. The molecule has 6 heteroatoms. The van der Waals surface area contributed by atoms with Crippen molar-refractivity contribution in [3.8, 4) is 0 Å². The SMILES string of the molecule is O=C(c1cc(Cl)ccc1F)N1CCC[C@]2(CCN2C[C@@H]2CCCO2)C1. The maximum Gasteiger partial charge on any atom is 0.256 e. The molecule has 0 saturated carbocycles. The monoisotopic (exact) mass is 366 g/mol. The number of rotatable bonds is 3. The average molecular weight is 367 g/mol. The predicted octanol–water partition coefficient (Wildman–Crippen LogP) is 3.34. The summed E-state index contributed by atoms with van der Waals surface area (Å²) in [6, 6.07) is 4.18. The summed E-state index contributed by atoms with van der Waals surface area (Å²) in [4.78, 5) is 17.1. The van der Waals surface area contributed by atoms with Gasteiger partial charge in [-0.05, 0) is 50.3 Å². The highest BCUT2D eigenvalue weighted by atomic mass is 35.5. The van der Waals surface area contributed by atoms with Crippen LogP contribution in [0.5, 0.6) is 0 Å². The van der Waals surface area contributed by atoms with E-state index in [9.17, 15) is 9.18 Å². The first-order valence-corrected chi connectivity index (χ1v) is 9.56. The fourth-order valence-electron chi connectivity index (χ4n) is 4.48. The van der Waals surface area contributed by atoms with E-state index in [1.807, 2.05) is 0 Å². The number of carbonyl (C=O) groups excluding carboxylic acids is 1. The Bertz CT molecular complexity index is 665. The predicted molar refractivity (Wildman–Crippen MR) is 94.4 cm³/mol. The van der Waals surface area contributed by atoms with E-state index in [2.05, 4.69) is 4.90 Å². The van der Waals surface area contributed by atoms with Crippen LogP contribution in [0.1, 0.15) is 42.5 Å². The van der Waals surface area contributed by atoms with Crippen LogP contribution in [0, 0.1) is 5.82 Å². The fourth-order valence-corrected chi connectivity index (χ4v) is 4.66. The van der Waals surface area contributed by atoms with E-state index in [0.717, 1.165) is 51.8 Å². The average Bonchev–Trinajstić information content (AvgIpc) is 3.14. The molecule has 3 saturated heterocycles. The Morgan fingerprint density at radius 1 is 1.32 bits per heavy atom. The van der Waals surface area contributed by atoms with Crippen LogP contribution in [-0.2, 0) is 4.74 Å². The van der Waals surface area contributed by atoms with Gasteiger partial charge in [-0.15, -0.1) is 0 Å². The van der Waals surface area contributed by atoms with Gasteiger partial charge in [0.1, 0.15) is 5.82 Å². The van der Waals surface area contributed by atoms with Gasteiger partial charge in [0.25, 0.3) is 5.91 Å². The summed E-state index contributed by atoms with van der Waals surface area (Å²) >= 11 is 5.95. The van der Waals surface area contributed by atoms with Crippen molar-refractivity contribution in [1.29, 1.82) is 0 Å². The molecule has 0 N–H and O–H groups in total. The molecular weight excluding hydrogens is 343 g/mol. The van der Waals surface area contributed by atoms with Gasteiger partial charge in [-0.3, -0.25) is 9.69 Å². The Morgan fingerprint density at radius 3 is 2.92 bits per heavy atom. The second-order valence-corrected chi connectivity index (χ2v) is 7.95. The lowest BCUT2D eigenvalue weighted by Gasteiger charge is -2.57. The zero-order valence-corrected chi connectivity index (χ0v) is 15.1. The van der Waals surface area contributed by atoms with Crippen molar-refractivity contribution in [2.75, 3.05) is 32.8 Å². The summed E-state index contributed by atoms with van der Waals surface area (Å²) in [5, 5.41) is 0.389. The van der Waals surface area contributed by atoms with Crippen LogP contribution in [0.4, 0.5) is 4.39 Å². The smallest absolute Gasteiger partial charge is 0.256 e. The zero-order valence-electron chi connectivity index (χ0n) is 14.3. The minimum absolute atomic E-state index is 0.0505. The van der Waals surface area contributed by atoms with Gasteiger partial charge in [0, 0.05) is 43.3 Å². The molecule has 136 valence electrons. The number of ether oxygens (including phenoxy) is 1. The van der Waals surface area contributed by atoms with Crippen molar-refractivity contribution in [2.45, 2.75) is 43.7 Å². The fraction of sp³-hybridized carbons (Fsp3) is 0.632. The molecule has 0 radical (unpaired) electrons. The molecule has 4 rings (SSSR count). The van der Waals surface area contributed by atoms with Crippen molar-refractivity contribution >= 4 is 17.5 Å². The lowest BCUT2D eigenvalue weighted by Crippen LogP contribution is -2.68. The number of amides is 1. The Hall–Kier alpha value is -1.17. The van der Waals surface area contributed by atoms with Gasteiger partial charge in [0.2, 0.25) is 0 Å². The minimum Gasteiger partial charge on any atom is -0.377 e. The number of likely N-dealkylation sites (tertiary alicyclic amines) is 2. The molecule has 25 heavy (non-hydrogen) atoms. The van der Waals surface area contributed by atoms with Gasteiger partial charge in [-0.2, -0.15) is 0 Å². The summed E-state index contributed by atoms with van der Waals surface area (Å²) in [6.45, 7) is 4.23. The van der Waals surface area contributed by atoms with E-state index < -0.39 is 5.82 Å². The molecule has 3 heterocycles. The second-order valence-electron chi connectivity index (χ2n) is 7.51. The molecule has 0 aromatic heterocycles. The molecule has 0 unspecified atom stereocenters. The van der Waals surface area contributed by atoms with E-state index >= 15 is 0 Å². The highest BCUT2D eigenvalue weighted by Gasteiger charge is 2.48. The minimum atomic E-state index is -0.501. The molecule has 1 spiro atoms. The number of piperidine rings is 1. The third-order valence-electron chi connectivity index (χ3n) is 5.97. The Kier molecular flexibility index (Phi) is 4.73. The van der Waals surface area contributed by atoms with Crippen LogP contribution in [0.2, 0.25) is 5.02 Å². The molecule has 2 atom stereocenters. The third-order valence-corrected chi connectivity index (χ3v) is 6.20. The Morgan fingerprint density at radius 2 is 2.20 bits per heavy atom. The standard InChI is InChI=1S/C19H24ClFN2O2/c20-14-4-5-17(21)16(11-14)18(24)22-8-2-6-19(13-22)7-9-23(19)12-15-3-1-10-25-15/h4-5,11,15H,1-3,6-10,12-13H2/t15-,19-/m0/s1. The van der Waals surface area contributed by atoms with E-state index in [1.165, 1.54) is 18.2 Å². The molecule has 0 bridgehead atoms. The molecule has 3 aliphatic rings. The molecule has 0 aliphatic carbocycles. The largest absolute Gasteiger partial charge is 0.377 e. The van der Waals surface area contributed by atoms with E-state index in [1.54, 1.807) is 4.90 Å². The maximum atomic E-state index is 14.1.